The predicted octanol–water partition coefficient (Wildman–Crippen LogP) is 2.90. The average Bonchev–Trinajstić information content (AvgIpc) is 3.12. The van der Waals surface area contributed by atoms with Crippen LogP contribution in [0.25, 0.3) is 22.3 Å². The summed E-state index contributed by atoms with van der Waals surface area (Å²) in [7, 11) is -3.50. The SMILES string of the molecule is O=C(NCc1cc2nc(-c3cccc(N4CC5CC(C4)O5)n3)ccc2cn1)c1ccc2c(c1)S(=O)(=O)CCOC2. The highest BCUT2D eigenvalue weighted by Gasteiger charge is 2.38. The maximum atomic E-state index is 12.9. The minimum absolute atomic E-state index is 0.102. The molecule has 4 aromatic rings. The van der Waals surface area contributed by atoms with Gasteiger partial charge in [-0.25, -0.2) is 18.4 Å². The van der Waals surface area contributed by atoms with E-state index in [2.05, 4.69) is 15.2 Å². The number of fused-ring (bicyclic) bond motifs is 4. The van der Waals surface area contributed by atoms with Gasteiger partial charge in [-0.05, 0) is 48.0 Å². The van der Waals surface area contributed by atoms with Gasteiger partial charge in [-0.3, -0.25) is 9.78 Å². The van der Waals surface area contributed by atoms with Crippen LogP contribution in [0.15, 0.2) is 65.7 Å². The molecule has 4 aliphatic heterocycles. The summed E-state index contributed by atoms with van der Waals surface area (Å²) in [6.07, 6.45) is 3.46. The lowest BCUT2D eigenvalue weighted by Gasteiger charge is -2.47. The molecule has 2 unspecified atom stereocenters. The molecule has 1 amide bonds. The van der Waals surface area contributed by atoms with Crippen LogP contribution in [-0.2, 0) is 32.5 Å². The van der Waals surface area contributed by atoms with E-state index in [0.717, 1.165) is 47.6 Å². The summed E-state index contributed by atoms with van der Waals surface area (Å²) in [5.74, 6) is 0.442. The van der Waals surface area contributed by atoms with Gasteiger partial charge in [0, 0.05) is 36.7 Å². The van der Waals surface area contributed by atoms with Gasteiger partial charge in [0.15, 0.2) is 9.84 Å². The van der Waals surface area contributed by atoms with Crippen molar-refractivity contribution in [1.82, 2.24) is 20.3 Å². The molecule has 1 N–H and O–H groups in total. The number of nitrogens with zero attached hydrogens (tertiary/aromatic N) is 4. The minimum Gasteiger partial charge on any atom is -0.376 e. The molecule has 2 bridgehead atoms. The first kappa shape index (κ1) is 25.1. The van der Waals surface area contributed by atoms with Crippen molar-refractivity contribution in [2.45, 2.75) is 36.7 Å². The molecule has 1 aromatic carbocycles. The number of piperidine rings is 1. The lowest BCUT2D eigenvalue weighted by atomic mass is 9.99. The standard InChI is InChI=1S/C29H27N5O5S/c35-29(18-4-5-20-17-38-8-9-40(36,37)27(20)10-18)31-14-21-11-26-19(13-30-21)6-7-25(32-26)24-2-1-3-28(33-24)34-15-22-12-23(16-34)39-22/h1-7,10-11,13,22-23H,8-9,12,14-17H2,(H,31,35). The van der Waals surface area contributed by atoms with Gasteiger partial charge < -0.3 is 19.7 Å². The second kappa shape index (κ2) is 9.92. The Morgan fingerprint density at radius 1 is 1.02 bits per heavy atom. The van der Waals surface area contributed by atoms with Crippen LogP contribution < -0.4 is 10.2 Å². The van der Waals surface area contributed by atoms with Crippen LogP contribution in [0.5, 0.6) is 0 Å². The summed E-state index contributed by atoms with van der Waals surface area (Å²) < 4.78 is 36.3. The molecule has 3 aromatic heterocycles. The number of benzene rings is 1. The number of carbonyl (C=O) groups excluding carboxylic acids is 1. The van der Waals surface area contributed by atoms with Gasteiger partial charge in [0.1, 0.15) is 5.82 Å². The van der Waals surface area contributed by atoms with Crippen LogP contribution in [0, 0.1) is 0 Å². The number of ether oxygens (including phenoxy) is 2. The van der Waals surface area contributed by atoms with Crippen LogP contribution >= 0.6 is 0 Å². The summed E-state index contributed by atoms with van der Waals surface area (Å²) in [4.78, 5) is 29.5. The molecule has 3 fully saturated rings. The molecule has 8 rings (SSSR count). The second-order valence-electron chi connectivity index (χ2n) is 10.3. The molecule has 7 heterocycles. The number of hydrogen-bond donors (Lipinski definition) is 1. The van der Waals surface area contributed by atoms with Crippen molar-refractivity contribution in [1.29, 1.82) is 0 Å². The molecule has 2 atom stereocenters. The van der Waals surface area contributed by atoms with Crippen LogP contribution in [0.1, 0.15) is 28.0 Å². The number of morpholine rings is 1. The fraction of sp³-hybridized carbons (Fsp3) is 0.310. The van der Waals surface area contributed by atoms with Gasteiger partial charge >= 0.3 is 0 Å². The first-order valence-electron chi connectivity index (χ1n) is 13.3. The Morgan fingerprint density at radius 3 is 2.70 bits per heavy atom. The van der Waals surface area contributed by atoms with Crippen molar-refractivity contribution in [3.8, 4) is 11.4 Å². The van der Waals surface area contributed by atoms with E-state index in [1.165, 1.54) is 6.07 Å². The van der Waals surface area contributed by atoms with Gasteiger partial charge in [0.25, 0.3) is 5.91 Å². The van der Waals surface area contributed by atoms with E-state index in [9.17, 15) is 13.2 Å². The monoisotopic (exact) mass is 557 g/mol. The molecule has 11 heteroatoms. The second-order valence-corrected chi connectivity index (χ2v) is 12.4. The van der Waals surface area contributed by atoms with Crippen molar-refractivity contribution in [3.63, 3.8) is 0 Å². The lowest BCUT2D eigenvalue weighted by molar-refractivity contribution is -0.133. The largest absolute Gasteiger partial charge is 0.376 e. The van der Waals surface area contributed by atoms with Gasteiger partial charge in [-0.2, -0.15) is 0 Å². The summed E-state index contributed by atoms with van der Waals surface area (Å²) in [6, 6.07) is 16.4. The van der Waals surface area contributed by atoms with Crippen molar-refractivity contribution < 1.29 is 22.7 Å². The van der Waals surface area contributed by atoms with Gasteiger partial charge in [0.2, 0.25) is 0 Å². The first-order chi connectivity index (χ1) is 19.4. The summed E-state index contributed by atoms with van der Waals surface area (Å²) in [5, 5.41) is 3.72. The number of nitrogens with one attached hydrogen (secondary N) is 1. The number of aromatic nitrogens is 3. The van der Waals surface area contributed by atoms with Gasteiger partial charge in [-0.1, -0.05) is 12.1 Å². The molecule has 204 valence electrons. The van der Waals surface area contributed by atoms with Crippen LogP contribution in [0.2, 0.25) is 0 Å². The van der Waals surface area contributed by atoms with Crippen molar-refractivity contribution >= 4 is 32.5 Å². The fourth-order valence-electron chi connectivity index (χ4n) is 5.42. The Bertz CT molecular complexity index is 1730. The summed E-state index contributed by atoms with van der Waals surface area (Å²) in [6.45, 7) is 2.22. The number of hydrogen-bond acceptors (Lipinski definition) is 9. The molecule has 0 aliphatic carbocycles. The molecule has 10 nitrogen and oxygen atoms in total. The molecule has 0 spiro atoms. The molecule has 4 aliphatic rings. The third-order valence-corrected chi connectivity index (χ3v) is 9.31. The van der Waals surface area contributed by atoms with E-state index in [4.69, 9.17) is 19.4 Å². The molecule has 3 saturated heterocycles. The zero-order chi connectivity index (χ0) is 27.3. The predicted molar refractivity (Wildman–Crippen MR) is 148 cm³/mol. The van der Waals surface area contributed by atoms with E-state index in [-0.39, 0.29) is 41.9 Å². The average molecular weight is 558 g/mol. The zero-order valence-electron chi connectivity index (χ0n) is 21.6. The van der Waals surface area contributed by atoms with Crippen LogP contribution in [0.3, 0.4) is 0 Å². The molecular weight excluding hydrogens is 530 g/mol. The molecule has 0 saturated carbocycles. The highest BCUT2D eigenvalue weighted by molar-refractivity contribution is 7.91. The Balaban J connectivity index is 1.08. The molecule has 0 radical (unpaired) electrons. The minimum atomic E-state index is -3.50. The number of sulfone groups is 1. The quantitative estimate of drug-likeness (QED) is 0.394. The number of amides is 1. The highest BCUT2D eigenvalue weighted by atomic mass is 32.2. The van der Waals surface area contributed by atoms with Crippen molar-refractivity contribution in [3.05, 3.63) is 77.6 Å². The van der Waals surface area contributed by atoms with Crippen molar-refractivity contribution in [2.75, 3.05) is 30.3 Å². The number of rotatable bonds is 5. The number of carbonyl (C=O) groups is 1. The Hall–Kier alpha value is -3.93. The number of anilines is 1. The van der Waals surface area contributed by atoms with E-state index in [1.54, 1.807) is 18.3 Å². The van der Waals surface area contributed by atoms with Gasteiger partial charge in [0.05, 0.1) is 65.2 Å². The van der Waals surface area contributed by atoms with E-state index < -0.39 is 9.84 Å². The van der Waals surface area contributed by atoms with Gasteiger partial charge in [-0.15, -0.1) is 0 Å². The topological polar surface area (TPSA) is 124 Å². The fourth-order valence-corrected chi connectivity index (χ4v) is 6.81. The normalized spacial score (nSPS) is 21.2. The van der Waals surface area contributed by atoms with E-state index in [0.29, 0.717) is 23.5 Å². The molecular formula is C29H27N5O5S. The van der Waals surface area contributed by atoms with E-state index >= 15 is 0 Å². The maximum absolute atomic E-state index is 12.9. The lowest BCUT2D eigenvalue weighted by Crippen LogP contribution is -2.57. The highest BCUT2D eigenvalue weighted by Crippen LogP contribution is 2.31. The third-order valence-electron chi connectivity index (χ3n) is 7.56. The third kappa shape index (κ3) is 4.80. The molecule has 40 heavy (non-hydrogen) atoms. The Morgan fingerprint density at radius 2 is 1.85 bits per heavy atom. The van der Waals surface area contributed by atoms with Crippen LogP contribution in [0.4, 0.5) is 5.82 Å². The smallest absolute Gasteiger partial charge is 0.251 e. The Labute approximate surface area is 231 Å². The Kier molecular flexibility index (Phi) is 6.21. The van der Waals surface area contributed by atoms with Crippen molar-refractivity contribution in [2.24, 2.45) is 0 Å². The number of pyridine rings is 3. The summed E-state index contributed by atoms with van der Waals surface area (Å²) >= 11 is 0. The van der Waals surface area contributed by atoms with E-state index in [1.807, 2.05) is 36.4 Å². The first-order valence-corrected chi connectivity index (χ1v) is 14.9. The summed E-state index contributed by atoms with van der Waals surface area (Å²) in [5.41, 5.74) is 3.75. The maximum Gasteiger partial charge on any atom is 0.251 e. The van der Waals surface area contributed by atoms with Crippen LogP contribution in [-0.4, -0.2) is 66.9 Å². The zero-order valence-corrected chi connectivity index (χ0v) is 22.4.